The van der Waals surface area contributed by atoms with Crippen molar-refractivity contribution in [2.75, 3.05) is 6.54 Å². The van der Waals surface area contributed by atoms with Gasteiger partial charge in [-0.25, -0.2) is 0 Å². The molecular weight excluding hydrogens is 182 g/mol. The highest BCUT2D eigenvalue weighted by molar-refractivity contribution is 5.80. The molecule has 14 heavy (non-hydrogen) atoms. The average Bonchev–Trinajstić information content (AvgIpc) is 2.34. The lowest BCUT2D eigenvalue weighted by molar-refractivity contribution is -0.139. The minimum atomic E-state index is -0.821. The first-order chi connectivity index (χ1) is 6.50. The Hall–Kier alpha value is -1.06. The number of carbonyl (C=O) groups is 2. The third-order valence-corrected chi connectivity index (χ3v) is 2.42. The van der Waals surface area contributed by atoms with Gasteiger partial charge in [-0.3, -0.25) is 9.59 Å². The summed E-state index contributed by atoms with van der Waals surface area (Å²) in [6.07, 6.45) is 1.28. The molecule has 80 valence electrons. The Labute approximate surface area is 83.9 Å². The van der Waals surface area contributed by atoms with Gasteiger partial charge < -0.3 is 10.0 Å². The summed E-state index contributed by atoms with van der Waals surface area (Å²) in [5.41, 5.74) is 0. The number of likely N-dealkylation sites (tertiary alicyclic amines) is 1. The van der Waals surface area contributed by atoms with Crippen molar-refractivity contribution in [2.45, 2.75) is 39.2 Å². The Bertz CT molecular complexity index is 238. The van der Waals surface area contributed by atoms with Crippen molar-refractivity contribution in [3.05, 3.63) is 0 Å². The first-order valence-corrected chi connectivity index (χ1v) is 5.02. The lowest BCUT2D eigenvalue weighted by atomic mass is 10.1. The van der Waals surface area contributed by atoms with E-state index in [0.29, 0.717) is 25.3 Å². The number of hydrogen-bond donors (Lipinski definition) is 1. The van der Waals surface area contributed by atoms with Crippen LogP contribution in [0.15, 0.2) is 0 Å². The van der Waals surface area contributed by atoms with Crippen LogP contribution in [0.25, 0.3) is 0 Å². The third-order valence-electron chi connectivity index (χ3n) is 2.42. The molecule has 1 unspecified atom stereocenters. The molecule has 1 saturated heterocycles. The number of amides is 1. The Morgan fingerprint density at radius 1 is 1.64 bits per heavy atom. The maximum absolute atomic E-state index is 11.4. The molecular formula is C10H17NO3. The molecule has 1 N–H and O–H groups in total. The fourth-order valence-corrected chi connectivity index (χ4v) is 1.85. The van der Waals surface area contributed by atoms with E-state index >= 15 is 0 Å². The van der Waals surface area contributed by atoms with Crippen LogP contribution < -0.4 is 0 Å². The van der Waals surface area contributed by atoms with E-state index in [1.165, 1.54) is 0 Å². The van der Waals surface area contributed by atoms with Crippen molar-refractivity contribution in [1.82, 2.24) is 4.90 Å². The Balaban J connectivity index is 2.57. The molecule has 4 nitrogen and oxygen atoms in total. The summed E-state index contributed by atoms with van der Waals surface area (Å²) in [7, 11) is 0. The molecule has 0 saturated carbocycles. The van der Waals surface area contributed by atoms with E-state index in [-0.39, 0.29) is 18.4 Å². The number of carbonyl (C=O) groups excluding carboxylic acids is 1. The maximum Gasteiger partial charge on any atom is 0.305 e. The Morgan fingerprint density at radius 3 is 2.79 bits per heavy atom. The van der Waals surface area contributed by atoms with Crippen LogP contribution >= 0.6 is 0 Å². The molecule has 0 aliphatic carbocycles. The van der Waals surface area contributed by atoms with Crippen LogP contribution in [0.5, 0.6) is 0 Å². The highest BCUT2D eigenvalue weighted by Crippen LogP contribution is 2.22. The molecule has 4 heteroatoms. The van der Waals surface area contributed by atoms with Gasteiger partial charge >= 0.3 is 5.97 Å². The summed E-state index contributed by atoms with van der Waals surface area (Å²) in [5.74, 6) is -0.322. The smallest absolute Gasteiger partial charge is 0.305 e. The van der Waals surface area contributed by atoms with E-state index in [4.69, 9.17) is 5.11 Å². The third kappa shape index (κ3) is 2.72. The minimum Gasteiger partial charge on any atom is -0.481 e. The van der Waals surface area contributed by atoms with Gasteiger partial charge in [0.25, 0.3) is 0 Å². The number of aliphatic carboxylic acids is 1. The zero-order valence-corrected chi connectivity index (χ0v) is 8.69. The monoisotopic (exact) mass is 199 g/mol. The zero-order chi connectivity index (χ0) is 10.7. The predicted molar refractivity (Wildman–Crippen MR) is 51.8 cm³/mol. The van der Waals surface area contributed by atoms with Crippen LogP contribution in [0, 0.1) is 5.92 Å². The Kier molecular flexibility index (Phi) is 3.49. The summed E-state index contributed by atoms with van der Waals surface area (Å²) < 4.78 is 0. The molecule has 1 fully saturated rings. The maximum atomic E-state index is 11.4. The largest absolute Gasteiger partial charge is 0.481 e. The normalized spacial score (nSPS) is 22.1. The quantitative estimate of drug-likeness (QED) is 0.737. The van der Waals surface area contributed by atoms with Crippen molar-refractivity contribution >= 4 is 11.9 Å². The summed E-state index contributed by atoms with van der Waals surface area (Å²) in [6, 6.07) is -0.0811. The minimum absolute atomic E-state index is 0.0811. The van der Waals surface area contributed by atoms with Gasteiger partial charge in [-0.05, 0) is 12.3 Å². The van der Waals surface area contributed by atoms with E-state index in [1.807, 2.05) is 13.8 Å². The first-order valence-electron chi connectivity index (χ1n) is 5.02. The predicted octanol–water partition coefficient (Wildman–Crippen LogP) is 1.11. The molecule has 0 spiro atoms. The molecule has 0 aromatic heterocycles. The van der Waals surface area contributed by atoms with Crippen LogP contribution in [0.1, 0.15) is 33.1 Å². The average molecular weight is 199 g/mol. The van der Waals surface area contributed by atoms with E-state index in [0.717, 1.165) is 0 Å². The number of nitrogens with zero attached hydrogens (tertiary/aromatic N) is 1. The van der Waals surface area contributed by atoms with Crippen LogP contribution in [-0.4, -0.2) is 34.5 Å². The van der Waals surface area contributed by atoms with E-state index in [9.17, 15) is 9.59 Å². The van der Waals surface area contributed by atoms with Gasteiger partial charge in [0.1, 0.15) is 0 Å². The lowest BCUT2D eigenvalue weighted by Gasteiger charge is -2.25. The number of carboxylic acid groups (broad SMARTS) is 1. The zero-order valence-electron chi connectivity index (χ0n) is 8.69. The highest BCUT2D eigenvalue weighted by Gasteiger charge is 2.32. The fourth-order valence-electron chi connectivity index (χ4n) is 1.85. The number of carboxylic acids is 1. The first kappa shape index (κ1) is 11.0. The molecule has 0 bridgehead atoms. The second kappa shape index (κ2) is 4.44. The van der Waals surface area contributed by atoms with Crippen LogP contribution in [-0.2, 0) is 9.59 Å². The molecule has 1 aliphatic heterocycles. The summed E-state index contributed by atoms with van der Waals surface area (Å²) in [6.45, 7) is 4.74. The van der Waals surface area contributed by atoms with Gasteiger partial charge in [0.05, 0.1) is 6.42 Å². The van der Waals surface area contributed by atoms with Crippen molar-refractivity contribution in [3.63, 3.8) is 0 Å². The van der Waals surface area contributed by atoms with Gasteiger partial charge in [0.2, 0.25) is 5.91 Å². The van der Waals surface area contributed by atoms with Crippen molar-refractivity contribution < 1.29 is 14.7 Å². The van der Waals surface area contributed by atoms with E-state index < -0.39 is 5.97 Å². The van der Waals surface area contributed by atoms with Gasteiger partial charge in [-0.2, -0.15) is 0 Å². The second-order valence-electron chi connectivity index (χ2n) is 4.23. The second-order valence-corrected chi connectivity index (χ2v) is 4.23. The fraction of sp³-hybridized carbons (Fsp3) is 0.800. The molecule has 1 amide bonds. The van der Waals surface area contributed by atoms with Gasteiger partial charge in [0.15, 0.2) is 0 Å². The molecule has 1 atom stereocenters. The van der Waals surface area contributed by atoms with Crippen molar-refractivity contribution in [2.24, 2.45) is 5.92 Å². The SMILES string of the molecule is CC(C)CN1C(=O)CCC1CC(=O)O. The summed E-state index contributed by atoms with van der Waals surface area (Å²) in [4.78, 5) is 23.7. The summed E-state index contributed by atoms with van der Waals surface area (Å²) in [5, 5.41) is 8.67. The molecule has 1 heterocycles. The molecule has 0 aromatic carbocycles. The van der Waals surface area contributed by atoms with Crippen LogP contribution in [0.4, 0.5) is 0 Å². The van der Waals surface area contributed by atoms with E-state index in [2.05, 4.69) is 0 Å². The molecule has 0 aromatic rings. The molecule has 1 aliphatic rings. The summed E-state index contributed by atoms with van der Waals surface area (Å²) >= 11 is 0. The van der Waals surface area contributed by atoms with Crippen LogP contribution in [0.3, 0.4) is 0 Å². The van der Waals surface area contributed by atoms with Crippen LogP contribution in [0.2, 0.25) is 0 Å². The van der Waals surface area contributed by atoms with E-state index in [1.54, 1.807) is 4.90 Å². The lowest BCUT2D eigenvalue weighted by Crippen LogP contribution is -2.37. The topological polar surface area (TPSA) is 57.6 Å². The molecule has 0 radical (unpaired) electrons. The van der Waals surface area contributed by atoms with Crippen molar-refractivity contribution in [3.8, 4) is 0 Å². The standard InChI is InChI=1S/C10H17NO3/c1-7(2)6-11-8(5-10(13)14)3-4-9(11)12/h7-8H,3-6H2,1-2H3,(H,13,14). The Morgan fingerprint density at radius 2 is 2.29 bits per heavy atom. The van der Waals surface area contributed by atoms with Gasteiger partial charge in [-0.1, -0.05) is 13.8 Å². The highest BCUT2D eigenvalue weighted by atomic mass is 16.4. The van der Waals surface area contributed by atoms with Gasteiger partial charge in [-0.15, -0.1) is 0 Å². The number of rotatable bonds is 4. The molecule has 1 rings (SSSR count). The van der Waals surface area contributed by atoms with Crippen molar-refractivity contribution in [1.29, 1.82) is 0 Å². The number of hydrogen-bond acceptors (Lipinski definition) is 2. The van der Waals surface area contributed by atoms with Gasteiger partial charge in [0, 0.05) is 19.0 Å².